The van der Waals surface area contributed by atoms with Crippen LogP contribution >= 0.6 is 0 Å². The summed E-state index contributed by atoms with van der Waals surface area (Å²) in [6, 6.07) is 9.48. The van der Waals surface area contributed by atoms with Crippen molar-refractivity contribution in [1.82, 2.24) is 4.98 Å². The van der Waals surface area contributed by atoms with Crippen LogP contribution in [0.2, 0.25) is 0 Å². The lowest BCUT2D eigenvalue weighted by molar-refractivity contribution is -0.274. The summed E-state index contributed by atoms with van der Waals surface area (Å²) >= 11 is 0. The predicted octanol–water partition coefficient (Wildman–Crippen LogP) is 2.50. The number of nitrogens with two attached hydrogens (primary N) is 1. The fourth-order valence-electron chi connectivity index (χ4n) is 1.65. The number of oxime groups is 1. The number of hydrogen-bond donors (Lipinski definition) is 1. The lowest BCUT2D eigenvalue weighted by Gasteiger charge is -2.08. The van der Waals surface area contributed by atoms with Crippen LogP contribution in [-0.4, -0.2) is 29.6 Å². The Morgan fingerprint density at radius 3 is 2.46 bits per heavy atom. The zero-order valence-corrected chi connectivity index (χ0v) is 12.2. The number of rotatable bonds is 6. The molecule has 0 unspecified atom stereocenters. The second-order valence-corrected chi connectivity index (χ2v) is 4.46. The van der Waals surface area contributed by atoms with E-state index in [0.29, 0.717) is 5.69 Å². The quantitative estimate of drug-likeness (QED) is 0.378. The van der Waals surface area contributed by atoms with Gasteiger partial charge in [0.2, 0.25) is 5.78 Å². The lowest BCUT2D eigenvalue weighted by Crippen LogP contribution is -2.17. The number of ether oxygens (including phenoxy) is 1. The Hall–Kier alpha value is -3.10. The first-order chi connectivity index (χ1) is 11.3. The number of pyridine rings is 1. The predicted molar refractivity (Wildman–Crippen MR) is 78.4 cm³/mol. The first-order valence-corrected chi connectivity index (χ1v) is 6.61. The molecular formula is C15H12F3N3O3. The molecule has 1 aromatic carbocycles. The van der Waals surface area contributed by atoms with E-state index in [1.165, 1.54) is 18.3 Å². The minimum absolute atomic E-state index is 0.00248. The molecule has 0 aliphatic rings. The second kappa shape index (κ2) is 7.44. The van der Waals surface area contributed by atoms with E-state index in [0.717, 1.165) is 12.1 Å². The molecule has 0 aliphatic heterocycles. The Balaban J connectivity index is 1.91. The number of ketones is 1. The maximum absolute atomic E-state index is 12.0. The number of nitrogens with zero attached hydrogens (tertiary/aromatic N) is 2. The summed E-state index contributed by atoms with van der Waals surface area (Å²) in [6.07, 6.45) is -3.26. The van der Waals surface area contributed by atoms with E-state index >= 15 is 0 Å². The maximum atomic E-state index is 12.0. The molecule has 24 heavy (non-hydrogen) atoms. The summed E-state index contributed by atoms with van der Waals surface area (Å²) in [5.74, 6) is -0.902. The number of halogens is 3. The van der Waals surface area contributed by atoms with Crippen LogP contribution in [0.3, 0.4) is 0 Å². The molecule has 0 spiro atoms. The Bertz CT molecular complexity index is 716. The minimum Gasteiger partial charge on any atom is -0.406 e. The number of amidine groups is 1. The topological polar surface area (TPSA) is 86.8 Å². The van der Waals surface area contributed by atoms with E-state index < -0.39 is 24.5 Å². The van der Waals surface area contributed by atoms with Gasteiger partial charge in [0.25, 0.3) is 0 Å². The second-order valence-electron chi connectivity index (χ2n) is 4.46. The first-order valence-electron chi connectivity index (χ1n) is 6.61. The SMILES string of the molecule is NC(=NOCC(=O)c1ccc(OC(F)(F)F)cc1)c1ccccn1. The van der Waals surface area contributed by atoms with Crippen molar-refractivity contribution in [3.8, 4) is 5.75 Å². The molecule has 126 valence electrons. The summed E-state index contributed by atoms with van der Waals surface area (Å²) in [5.41, 5.74) is 6.16. The van der Waals surface area contributed by atoms with Crippen LogP contribution in [0.25, 0.3) is 0 Å². The molecule has 2 rings (SSSR count). The monoisotopic (exact) mass is 339 g/mol. The molecule has 0 saturated carbocycles. The minimum atomic E-state index is -4.79. The van der Waals surface area contributed by atoms with Crippen molar-refractivity contribution < 1.29 is 27.5 Å². The van der Waals surface area contributed by atoms with Crippen LogP contribution in [0, 0.1) is 0 Å². The van der Waals surface area contributed by atoms with E-state index in [1.54, 1.807) is 18.2 Å². The van der Waals surface area contributed by atoms with E-state index in [2.05, 4.69) is 14.9 Å². The number of aromatic nitrogens is 1. The Kier molecular flexibility index (Phi) is 5.35. The number of benzene rings is 1. The van der Waals surface area contributed by atoms with Crippen molar-refractivity contribution in [3.05, 3.63) is 59.9 Å². The molecule has 6 nitrogen and oxygen atoms in total. The van der Waals surface area contributed by atoms with Crippen molar-refractivity contribution in [2.75, 3.05) is 6.61 Å². The summed E-state index contributed by atoms with van der Waals surface area (Å²) in [7, 11) is 0. The van der Waals surface area contributed by atoms with Crippen LogP contribution in [-0.2, 0) is 4.84 Å². The van der Waals surface area contributed by atoms with E-state index in [1.807, 2.05) is 0 Å². The van der Waals surface area contributed by atoms with E-state index in [9.17, 15) is 18.0 Å². The highest BCUT2D eigenvalue weighted by Gasteiger charge is 2.31. The van der Waals surface area contributed by atoms with Gasteiger partial charge < -0.3 is 15.3 Å². The van der Waals surface area contributed by atoms with Crippen LogP contribution in [0.1, 0.15) is 16.1 Å². The number of carbonyl (C=O) groups is 1. The molecule has 9 heteroatoms. The largest absolute Gasteiger partial charge is 0.573 e. The number of hydrogen-bond acceptors (Lipinski definition) is 5. The lowest BCUT2D eigenvalue weighted by atomic mass is 10.1. The number of Topliss-reactive ketones (excluding diaryl/α,β-unsaturated/α-hetero) is 1. The summed E-state index contributed by atoms with van der Waals surface area (Å²) in [6.45, 7) is -0.424. The zero-order valence-electron chi connectivity index (χ0n) is 12.2. The van der Waals surface area contributed by atoms with Crippen LogP contribution in [0.5, 0.6) is 5.75 Å². The molecule has 0 fully saturated rings. The fourth-order valence-corrected chi connectivity index (χ4v) is 1.65. The number of alkyl halides is 3. The van der Waals surface area contributed by atoms with Crippen LogP contribution < -0.4 is 10.5 Å². The molecule has 2 N–H and O–H groups in total. The van der Waals surface area contributed by atoms with Crippen LogP contribution in [0.4, 0.5) is 13.2 Å². The molecule has 0 saturated heterocycles. The van der Waals surface area contributed by atoms with Crippen molar-refractivity contribution in [1.29, 1.82) is 0 Å². The highest BCUT2D eigenvalue weighted by atomic mass is 19.4. The molecule has 0 bridgehead atoms. The van der Waals surface area contributed by atoms with Gasteiger partial charge in [0.05, 0.1) is 0 Å². The van der Waals surface area contributed by atoms with Gasteiger partial charge in [-0.3, -0.25) is 9.78 Å². The zero-order chi connectivity index (χ0) is 17.6. The van der Waals surface area contributed by atoms with Crippen molar-refractivity contribution in [2.24, 2.45) is 10.9 Å². The standard InChI is InChI=1S/C15H12F3N3O3/c16-15(17,18)24-11-6-4-10(5-7-11)13(22)9-23-21-14(19)12-3-1-2-8-20-12/h1-8H,9H2,(H2,19,21). The smallest absolute Gasteiger partial charge is 0.406 e. The molecule has 2 aromatic rings. The van der Waals surface area contributed by atoms with Gasteiger partial charge in [-0.2, -0.15) is 0 Å². The van der Waals surface area contributed by atoms with Gasteiger partial charge in [-0.1, -0.05) is 11.2 Å². The molecule has 0 amide bonds. The average Bonchev–Trinajstić information content (AvgIpc) is 2.54. The van der Waals surface area contributed by atoms with Crippen LogP contribution in [0.15, 0.2) is 53.8 Å². The van der Waals surface area contributed by atoms with Gasteiger partial charge in [-0.15, -0.1) is 13.2 Å². The van der Waals surface area contributed by atoms with E-state index in [4.69, 9.17) is 10.6 Å². The molecule has 0 radical (unpaired) electrons. The van der Waals surface area contributed by atoms with Gasteiger partial charge in [-0.25, -0.2) is 0 Å². The molecule has 1 aromatic heterocycles. The third-order valence-electron chi connectivity index (χ3n) is 2.70. The van der Waals surface area contributed by atoms with Gasteiger partial charge in [-0.05, 0) is 36.4 Å². The third kappa shape index (κ3) is 5.27. The highest BCUT2D eigenvalue weighted by molar-refractivity contribution is 5.97. The highest BCUT2D eigenvalue weighted by Crippen LogP contribution is 2.22. The Morgan fingerprint density at radius 2 is 1.88 bits per heavy atom. The van der Waals surface area contributed by atoms with Crippen molar-refractivity contribution >= 4 is 11.6 Å². The first kappa shape index (κ1) is 17.3. The Morgan fingerprint density at radius 1 is 1.17 bits per heavy atom. The maximum Gasteiger partial charge on any atom is 0.573 e. The summed E-state index contributed by atoms with van der Waals surface area (Å²) in [5, 5.41) is 3.56. The summed E-state index contributed by atoms with van der Waals surface area (Å²) < 4.78 is 39.8. The molecule has 1 heterocycles. The molecule has 0 aliphatic carbocycles. The Labute approximate surface area is 134 Å². The summed E-state index contributed by atoms with van der Waals surface area (Å²) in [4.78, 5) is 20.6. The number of carbonyl (C=O) groups excluding carboxylic acids is 1. The molecular weight excluding hydrogens is 327 g/mol. The molecule has 0 atom stereocenters. The van der Waals surface area contributed by atoms with Gasteiger partial charge >= 0.3 is 6.36 Å². The fraction of sp³-hybridized carbons (Fsp3) is 0.133. The van der Waals surface area contributed by atoms with E-state index in [-0.39, 0.29) is 11.4 Å². The van der Waals surface area contributed by atoms with Crippen molar-refractivity contribution in [2.45, 2.75) is 6.36 Å². The van der Waals surface area contributed by atoms with Crippen molar-refractivity contribution in [3.63, 3.8) is 0 Å². The van der Waals surface area contributed by atoms with Gasteiger partial charge in [0, 0.05) is 11.8 Å². The third-order valence-corrected chi connectivity index (χ3v) is 2.70. The normalized spacial score (nSPS) is 11.9. The average molecular weight is 339 g/mol. The van der Waals surface area contributed by atoms with Gasteiger partial charge in [0.1, 0.15) is 11.4 Å². The van der Waals surface area contributed by atoms with Gasteiger partial charge in [0.15, 0.2) is 12.4 Å².